The maximum Gasteiger partial charge on any atom is 0.0244 e. The van der Waals surface area contributed by atoms with Gasteiger partial charge >= 0.3 is 0 Å². The quantitative estimate of drug-likeness (QED) is 0.234. The van der Waals surface area contributed by atoms with Gasteiger partial charge in [-0.05, 0) is 93.3 Å². The highest BCUT2D eigenvalue weighted by Crippen LogP contribution is 2.62. The zero-order chi connectivity index (χ0) is 27.3. The fourth-order valence-corrected chi connectivity index (χ4v) is 10.3. The molecule has 3 aliphatic carbocycles. The predicted molar refractivity (Wildman–Crippen MR) is 170 cm³/mol. The molecule has 4 aromatic carbocycles. The van der Waals surface area contributed by atoms with Crippen molar-refractivity contribution < 1.29 is 0 Å². The SMILES string of the molecule is CC1(C)c2cc(CN3C4CCCCCC4C4(C)CCCCC34C)ccc2-c2c1ccc1c2ccc2ccccc21. The second-order valence-electron chi connectivity index (χ2n) is 14.7. The third kappa shape index (κ3) is 3.25. The van der Waals surface area contributed by atoms with E-state index >= 15 is 0 Å². The summed E-state index contributed by atoms with van der Waals surface area (Å²) in [6, 6.07) is 26.7. The molecule has 1 heteroatoms. The van der Waals surface area contributed by atoms with E-state index in [1.165, 1.54) is 107 Å². The Bertz CT molecular complexity index is 1640. The van der Waals surface area contributed by atoms with E-state index in [0.29, 0.717) is 11.0 Å². The molecule has 40 heavy (non-hydrogen) atoms. The van der Waals surface area contributed by atoms with Gasteiger partial charge in [-0.1, -0.05) is 120 Å². The van der Waals surface area contributed by atoms with Crippen LogP contribution in [0.4, 0.5) is 0 Å². The van der Waals surface area contributed by atoms with Gasteiger partial charge in [0.1, 0.15) is 0 Å². The van der Waals surface area contributed by atoms with Gasteiger partial charge in [-0.3, -0.25) is 4.90 Å². The largest absolute Gasteiger partial charge is 0.290 e. The Kier molecular flexibility index (Phi) is 5.45. The average Bonchev–Trinajstić information content (AvgIpc) is 3.15. The van der Waals surface area contributed by atoms with Gasteiger partial charge in [-0.15, -0.1) is 0 Å². The molecule has 0 radical (unpaired) electrons. The standard InChI is InChI=1S/C39H45N/c1-37(2)33-21-20-29-28-13-9-8-12-27(28)17-19-30(29)36(33)31-18-16-26(24-34(31)37)25-40-35-15-7-5-6-14-32(35)38(3)22-10-11-23-39(38,40)4/h8-9,12-13,16-21,24,32,35H,5-7,10-11,14-15,22-23,25H2,1-4H3. The summed E-state index contributed by atoms with van der Waals surface area (Å²) >= 11 is 0. The second-order valence-corrected chi connectivity index (χ2v) is 14.7. The van der Waals surface area contributed by atoms with Gasteiger partial charge in [-0.25, -0.2) is 0 Å². The van der Waals surface area contributed by atoms with E-state index in [1.807, 2.05) is 0 Å². The van der Waals surface area contributed by atoms with E-state index in [-0.39, 0.29) is 5.41 Å². The molecular weight excluding hydrogens is 482 g/mol. The van der Waals surface area contributed by atoms with Crippen LogP contribution in [-0.4, -0.2) is 16.5 Å². The van der Waals surface area contributed by atoms with Crippen LogP contribution in [0.25, 0.3) is 32.7 Å². The summed E-state index contributed by atoms with van der Waals surface area (Å²) < 4.78 is 0. The first-order chi connectivity index (χ1) is 19.3. The fourth-order valence-electron chi connectivity index (χ4n) is 10.3. The van der Waals surface area contributed by atoms with Gasteiger partial charge in [-0.2, -0.15) is 0 Å². The van der Waals surface area contributed by atoms with Crippen molar-refractivity contribution in [3.63, 3.8) is 0 Å². The summed E-state index contributed by atoms with van der Waals surface area (Å²) in [7, 11) is 0. The van der Waals surface area contributed by atoms with Gasteiger partial charge in [0.2, 0.25) is 0 Å². The molecule has 1 heterocycles. The molecule has 0 spiro atoms. The number of rotatable bonds is 2. The molecule has 4 aliphatic rings. The zero-order valence-corrected chi connectivity index (χ0v) is 25.0. The molecule has 3 fully saturated rings. The smallest absolute Gasteiger partial charge is 0.0244 e. The highest BCUT2D eigenvalue weighted by Gasteiger charge is 2.62. The van der Waals surface area contributed by atoms with Crippen molar-refractivity contribution in [1.29, 1.82) is 0 Å². The number of nitrogens with zero attached hydrogens (tertiary/aromatic N) is 1. The zero-order valence-electron chi connectivity index (χ0n) is 25.0. The molecule has 0 amide bonds. The van der Waals surface area contributed by atoms with Crippen molar-refractivity contribution in [2.45, 2.75) is 109 Å². The molecule has 1 saturated heterocycles. The molecule has 4 unspecified atom stereocenters. The van der Waals surface area contributed by atoms with Gasteiger partial charge in [0.05, 0.1) is 0 Å². The van der Waals surface area contributed by atoms with Crippen LogP contribution in [0.15, 0.2) is 66.7 Å². The third-order valence-electron chi connectivity index (χ3n) is 12.7. The van der Waals surface area contributed by atoms with Gasteiger partial charge in [0, 0.05) is 23.5 Å². The van der Waals surface area contributed by atoms with Crippen LogP contribution in [0.1, 0.15) is 102 Å². The van der Waals surface area contributed by atoms with Crippen LogP contribution in [0.2, 0.25) is 0 Å². The first-order valence-electron chi connectivity index (χ1n) is 16.2. The van der Waals surface area contributed by atoms with Crippen molar-refractivity contribution >= 4 is 21.5 Å². The molecule has 1 nitrogen and oxygen atoms in total. The Morgan fingerprint density at radius 1 is 0.700 bits per heavy atom. The van der Waals surface area contributed by atoms with E-state index in [9.17, 15) is 0 Å². The maximum atomic E-state index is 3.04. The lowest BCUT2D eigenvalue weighted by molar-refractivity contribution is -0.00439. The third-order valence-corrected chi connectivity index (χ3v) is 12.7. The van der Waals surface area contributed by atoms with Crippen molar-refractivity contribution in [2.75, 3.05) is 0 Å². The highest BCUT2D eigenvalue weighted by molar-refractivity contribution is 6.14. The van der Waals surface area contributed by atoms with Gasteiger partial charge < -0.3 is 0 Å². The van der Waals surface area contributed by atoms with Gasteiger partial charge in [0.15, 0.2) is 0 Å². The average molecular weight is 528 g/mol. The minimum absolute atomic E-state index is 0.0135. The minimum atomic E-state index is 0.0135. The van der Waals surface area contributed by atoms with Crippen LogP contribution >= 0.6 is 0 Å². The van der Waals surface area contributed by atoms with Crippen molar-refractivity contribution in [1.82, 2.24) is 4.90 Å². The summed E-state index contributed by atoms with van der Waals surface area (Å²) in [6.45, 7) is 11.4. The van der Waals surface area contributed by atoms with Crippen LogP contribution in [0.3, 0.4) is 0 Å². The van der Waals surface area contributed by atoms with Crippen molar-refractivity contribution in [3.8, 4) is 11.1 Å². The highest BCUT2D eigenvalue weighted by atomic mass is 15.3. The summed E-state index contributed by atoms with van der Waals surface area (Å²) in [5.41, 5.74) is 8.25. The van der Waals surface area contributed by atoms with E-state index < -0.39 is 0 Å². The number of benzene rings is 4. The number of likely N-dealkylation sites (tertiary alicyclic amines) is 1. The second kappa shape index (κ2) is 8.68. The Morgan fingerprint density at radius 3 is 2.40 bits per heavy atom. The fraction of sp³-hybridized carbons (Fsp3) is 0.487. The van der Waals surface area contributed by atoms with Crippen molar-refractivity contribution in [3.05, 3.63) is 83.4 Å². The minimum Gasteiger partial charge on any atom is -0.290 e. The van der Waals surface area contributed by atoms with Crippen LogP contribution in [-0.2, 0) is 12.0 Å². The molecule has 0 aromatic heterocycles. The first kappa shape index (κ1) is 25.1. The molecule has 206 valence electrons. The summed E-state index contributed by atoms with van der Waals surface area (Å²) in [5, 5.41) is 5.47. The molecule has 8 rings (SSSR count). The molecule has 0 bridgehead atoms. The topological polar surface area (TPSA) is 3.24 Å². The maximum absolute atomic E-state index is 3.04. The summed E-state index contributed by atoms with van der Waals surface area (Å²) in [4.78, 5) is 3.04. The molecule has 0 N–H and O–H groups in total. The Balaban J connectivity index is 1.23. The lowest BCUT2D eigenvalue weighted by atomic mass is 9.58. The number of fused-ring (bicyclic) bond motifs is 10. The van der Waals surface area contributed by atoms with E-state index in [2.05, 4.69) is 99.3 Å². The lowest BCUT2D eigenvalue weighted by Crippen LogP contribution is -2.53. The normalized spacial score (nSPS) is 31.0. The van der Waals surface area contributed by atoms with Crippen LogP contribution in [0, 0.1) is 11.3 Å². The molecule has 2 saturated carbocycles. The Labute approximate surface area is 241 Å². The van der Waals surface area contributed by atoms with Gasteiger partial charge in [0.25, 0.3) is 0 Å². The summed E-state index contributed by atoms with van der Waals surface area (Å²) in [5.74, 6) is 0.872. The van der Waals surface area contributed by atoms with Crippen molar-refractivity contribution in [2.24, 2.45) is 11.3 Å². The van der Waals surface area contributed by atoms with E-state index in [1.54, 1.807) is 0 Å². The number of hydrogen-bond acceptors (Lipinski definition) is 1. The Morgan fingerprint density at radius 2 is 1.50 bits per heavy atom. The first-order valence-corrected chi connectivity index (χ1v) is 16.2. The van der Waals surface area contributed by atoms with E-state index in [4.69, 9.17) is 0 Å². The lowest BCUT2D eigenvalue weighted by Gasteiger charge is -2.51. The Hall–Kier alpha value is -2.64. The van der Waals surface area contributed by atoms with E-state index in [0.717, 1.165) is 18.5 Å². The summed E-state index contributed by atoms with van der Waals surface area (Å²) in [6.07, 6.45) is 12.8. The molecule has 4 atom stereocenters. The monoisotopic (exact) mass is 527 g/mol. The predicted octanol–water partition coefficient (Wildman–Crippen LogP) is 10.4. The van der Waals surface area contributed by atoms with Crippen LogP contribution in [0.5, 0.6) is 0 Å². The number of hydrogen-bond donors (Lipinski definition) is 0. The molecule has 1 aliphatic heterocycles. The van der Waals surface area contributed by atoms with Crippen LogP contribution < -0.4 is 0 Å². The molecule has 4 aromatic rings. The molecular formula is C39H45N.